The lowest BCUT2D eigenvalue weighted by Crippen LogP contribution is -2.29. The second-order valence-corrected chi connectivity index (χ2v) is 6.47. The first-order chi connectivity index (χ1) is 7.24. The molecule has 1 fully saturated rings. The van der Waals surface area contributed by atoms with E-state index in [0.29, 0.717) is 11.3 Å². The van der Waals surface area contributed by atoms with E-state index in [-0.39, 0.29) is 0 Å². The van der Waals surface area contributed by atoms with E-state index in [1.807, 2.05) is 0 Å². The van der Waals surface area contributed by atoms with E-state index in [1.165, 1.54) is 32.1 Å². The van der Waals surface area contributed by atoms with Gasteiger partial charge in [0, 0.05) is 27.8 Å². The van der Waals surface area contributed by atoms with Crippen molar-refractivity contribution < 1.29 is 4.21 Å². The Labute approximate surface area is 96.7 Å². The van der Waals surface area contributed by atoms with Gasteiger partial charge in [-0.1, -0.05) is 19.8 Å². The Bertz CT molecular complexity index is 190. The third kappa shape index (κ3) is 5.12. The smallest absolute Gasteiger partial charge is 0.0348 e. The molecule has 0 radical (unpaired) electrons. The highest BCUT2D eigenvalue weighted by atomic mass is 32.2. The van der Waals surface area contributed by atoms with Gasteiger partial charge in [0.05, 0.1) is 0 Å². The lowest BCUT2D eigenvalue weighted by molar-refractivity contribution is 0.532. The molecule has 0 saturated heterocycles. The van der Waals surface area contributed by atoms with E-state index >= 15 is 0 Å². The van der Waals surface area contributed by atoms with Crippen LogP contribution in [0, 0.1) is 0 Å². The van der Waals surface area contributed by atoms with Crippen LogP contribution in [0.4, 0.5) is 0 Å². The van der Waals surface area contributed by atoms with Crippen LogP contribution in [0.2, 0.25) is 0 Å². The Balaban J connectivity index is 2.10. The summed E-state index contributed by atoms with van der Waals surface area (Å²) in [6.45, 7) is 5.45. The third-order valence-electron chi connectivity index (χ3n) is 3.17. The van der Waals surface area contributed by atoms with Crippen LogP contribution in [-0.2, 0) is 10.8 Å². The van der Waals surface area contributed by atoms with Gasteiger partial charge in [-0.3, -0.25) is 4.21 Å². The second kappa shape index (κ2) is 7.39. The Morgan fingerprint density at radius 1 is 1.40 bits per heavy atom. The molecule has 1 N–H and O–H groups in total. The zero-order valence-corrected chi connectivity index (χ0v) is 10.9. The first kappa shape index (κ1) is 13.2. The first-order valence-electron chi connectivity index (χ1n) is 6.34. The van der Waals surface area contributed by atoms with Crippen molar-refractivity contribution in [3.05, 3.63) is 0 Å². The maximum atomic E-state index is 11.9. The summed E-state index contributed by atoms with van der Waals surface area (Å²) in [4.78, 5) is 0. The molecule has 0 aromatic heterocycles. The fourth-order valence-corrected chi connectivity index (χ4v) is 3.88. The highest BCUT2D eigenvalue weighted by molar-refractivity contribution is 7.85. The van der Waals surface area contributed by atoms with Crippen molar-refractivity contribution in [1.29, 1.82) is 0 Å². The van der Waals surface area contributed by atoms with Gasteiger partial charge in [-0.15, -0.1) is 0 Å². The van der Waals surface area contributed by atoms with Crippen LogP contribution >= 0.6 is 0 Å². The first-order valence-corrected chi connectivity index (χ1v) is 7.72. The standard InChI is InChI=1S/C12H25NOS/c1-3-9-13-11(2)8-10-15(14)12-6-4-5-7-12/h11-13H,3-10H2,1-2H3. The van der Waals surface area contributed by atoms with E-state index in [2.05, 4.69) is 19.2 Å². The van der Waals surface area contributed by atoms with E-state index in [9.17, 15) is 4.21 Å². The average molecular weight is 231 g/mol. The molecule has 1 rings (SSSR count). The second-order valence-electron chi connectivity index (χ2n) is 4.64. The minimum atomic E-state index is -0.561. The van der Waals surface area contributed by atoms with Gasteiger partial charge >= 0.3 is 0 Å². The molecule has 1 aliphatic rings. The minimum absolute atomic E-state index is 0.517. The molecule has 2 unspecified atom stereocenters. The molecule has 1 saturated carbocycles. The fraction of sp³-hybridized carbons (Fsp3) is 1.00. The van der Waals surface area contributed by atoms with Crippen molar-refractivity contribution >= 4 is 10.8 Å². The van der Waals surface area contributed by atoms with Gasteiger partial charge in [-0.05, 0) is 39.2 Å². The molecule has 15 heavy (non-hydrogen) atoms. The Morgan fingerprint density at radius 3 is 2.67 bits per heavy atom. The maximum absolute atomic E-state index is 11.9. The molecule has 0 spiro atoms. The lowest BCUT2D eigenvalue weighted by Gasteiger charge is -2.14. The molecule has 90 valence electrons. The summed E-state index contributed by atoms with van der Waals surface area (Å²) >= 11 is 0. The Kier molecular flexibility index (Phi) is 6.50. The van der Waals surface area contributed by atoms with E-state index in [4.69, 9.17) is 0 Å². The average Bonchev–Trinajstić information content (AvgIpc) is 2.76. The summed E-state index contributed by atoms with van der Waals surface area (Å²) < 4.78 is 11.9. The van der Waals surface area contributed by atoms with Crippen LogP contribution in [0.25, 0.3) is 0 Å². The number of nitrogens with one attached hydrogen (secondary N) is 1. The minimum Gasteiger partial charge on any atom is -0.314 e. The predicted molar refractivity (Wildman–Crippen MR) is 67.6 cm³/mol. The summed E-state index contributed by atoms with van der Waals surface area (Å²) in [6.07, 6.45) is 7.21. The molecule has 2 nitrogen and oxygen atoms in total. The number of hydrogen-bond donors (Lipinski definition) is 1. The van der Waals surface area contributed by atoms with Crippen molar-refractivity contribution in [3.63, 3.8) is 0 Å². The topological polar surface area (TPSA) is 29.1 Å². The van der Waals surface area contributed by atoms with Crippen molar-refractivity contribution in [1.82, 2.24) is 5.32 Å². The van der Waals surface area contributed by atoms with Crippen LogP contribution in [0.15, 0.2) is 0 Å². The van der Waals surface area contributed by atoms with Crippen LogP contribution < -0.4 is 5.32 Å². The van der Waals surface area contributed by atoms with E-state index in [1.54, 1.807) is 0 Å². The van der Waals surface area contributed by atoms with Gasteiger partial charge in [-0.25, -0.2) is 0 Å². The SMILES string of the molecule is CCCNC(C)CCS(=O)C1CCCC1. The molecule has 0 aromatic rings. The maximum Gasteiger partial charge on any atom is 0.0348 e. The molecule has 0 aliphatic heterocycles. The van der Waals surface area contributed by atoms with Gasteiger partial charge in [0.15, 0.2) is 0 Å². The van der Waals surface area contributed by atoms with Crippen LogP contribution in [-0.4, -0.2) is 27.8 Å². The van der Waals surface area contributed by atoms with E-state index in [0.717, 1.165) is 18.7 Å². The van der Waals surface area contributed by atoms with Gasteiger partial charge in [0.2, 0.25) is 0 Å². The molecule has 0 amide bonds. The summed E-state index contributed by atoms with van der Waals surface area (Å²) in [5.41, 5.74) is 0. The van der Waals surface area contributed by atoms with Gasteiger partial charge < -0.3 is 5.32 Å². The van der Waals surface area contributed by atoms with Gasteiger partial charge in [0.25, 0.3) is 0 Å². The fourth-order valence-electron chi connectivity index (χ4n) is 2.10. The Hall–Kier alpha value is 0.110. The summed E-state index contributed by atoms with van der Waals surface area (Å²) in [6, 6.07) is 0.523. The molecule has 0 aromatic carbocycles. The Morgan fingerprint density at radius 2 is 2.07 bits per heavy atom. The zero-order chi connectivity index (χ0) is 11.1. The van der Waals surface area contributed by atoms with Crippen molar-refractivity contribution in [2.45, 2.75) is 63.7 Å². The predicted octanol–water partition coefficient (Wildman–Crippen LogP) is 2.46. The monoisotopic (exact) mass is 231 g/mol. The van der Waals surface area contributed by atoms with Crippen molar-refractivity contribution in [3.8, 4) is 0 Å². The third-order valence-corrected chi connectivity index (χ3v) is 5.02. The zero-order valence-electron chi connectivity index (χ0n) is 10.1. The molecule has 0 bridgehead atoms. The lowest BCUT2D eigenvalue weighted by atomic mass is 10.2. The molecule has 1 aliphatic carbocycles. The largest absolute Gasteiger partial charge is 0.314 e. The molecule has 3 heteroatoms. The highest BCUT2D eigenvalue weighted by Crippen LogP contribution is 2.23. The molecular weight excluding hydrogens is 206 g/mol. The normalized spacial score (nSPS) is 21.7. The highest BCUT2D eigenvalue weighted by Gasteiger charge is 2.21. The van der Waals surface area contributed by atoms with Gasteiger partial charge in [-0.2, -0.15) is 0 Å². The molecule has 2 atom stereocenters. The van der Waals surface area contributed by atoms with Gasteiger partial charge in [0.1, 0.15) is 0 Å². The van der Waals surface area contributed by atoms with Crippen molar-refractivity contribution in [2.75, 3.05) is 12.3 Å². The number of rotatable bonds is 7. The quantitative estimate of drug-likeness (QED) is 0.729. The number of hydrogen-bond acceptors (Lipinski definition) is 2. The molecule has 0 heterocycles. The van der Waals surface area contributed by atoms with Crippen LogP contribution in [0.1, 0.15) is 52.4 Å². The van der Waals surface area contributed by atoms with Crippen LogP contribution in [0.5, 0.6) is 0 Å². The van der Waals surface area contributed by atoms with Crippen molar-refractivity contribution in [2.24, 2.45) is 0 Å². The summed E-state index contributed by atoms with van der Waals surface area (Å²) in [5, 5.41) is 3.96. The van der Waals surface area contributed by atoms with Crippen LogP contribution in [0.3, 0.4) is 0 Å². The summed E-state index contributed by atoms with van der Waals surface area (Å²) in [5.74, 6) is 0.891. The summed E-state index contributed by atoms with van der Waals surface area (Å²) in [7, 11) is -0.561. The van der Waals surface area contributed by atoms with E-state index < -0.39 is 10.8 Å². The molecular formula is C12H25NOS.